The lowest BCUT2D eigenvalue weighted by molar-refractivity contribution is 0.0751. The fourth-order valence-electron chi connectivity index (χ4n) is 3.25. The van der Waals surface area contributed by atoms with Gasteiger partial charge in [-0.1, -0.05) is 30.9 Å². The highest BCUT2D eigenvalue weighted by atomic mass is 35.5. The summed E-state index contributed by atoms with van der Waals surface area (Å²) in [7, 11) is 3.87. The Hall–Kier alpha value is -0.770. The number of hydrogen-bond acceptors (Lipinski definition) is 3. The van der Waals surface area contributed by atoms with E-state index in [1.807, 2.05) is 18.2 Å². The van der Waals surface area contributed by atoms with Crippen LogP contribution < -0.4 is 10.5 Å². The predicted molar refractivity (Wildman–Crippen MR) is 84.3 cm³/mol. The minimum atomic E-state index is 0.131. The first kappa shape index (κ1) is 15.6. The standard InChI is InChI=1S/C16H25ClN2O/c1-19(16(12-18)8-4-3-5-9-16)11-13-10-14(17)6-7-15(13)20-2/h6-7,10H,3-5,8-9,11-12,18H2,1-2H3. The summed E-state index contributed by atoms with van der Waals surface area (Å²) in [5.41, 5.74) is 7.35. The van der Waals surface area contributed by atoms with E-state index in [-0.39, 0.29) is 5.54 Å². The lowest BCUT2D eigenvalue weighted by Crippen LogP contribution is -2.52. The SMILES string of the molecule is COc1ccc(Cl)cc1CN(C)C1(CN)CCCCC1. The molecule has 1 fully saturated rings. The number of hydrogen-bond donors (Lipinski definition) is 1. The fourth-order valence-corrected chi connectivity index (χ4v) is 3.44. The molecular formula is C16H25ClN2O. The highest BCUT2D eigenvalue weighted by Gasteiger charge is 2.34. The lowest BCUT2D eigenvalue weighted by atomic mass is 9.80. The molecule has 1 saturated carbocycles. The molecule has 0 amide bonds. The minimum absolute atomic E-state index is 0.131. The average molecular weight is 297 g/mol. The van der Waals surface area contributed by atoms with Crippen LogP contribution in [0.4, 0.5) is 0 Å². The first-order chi connectivity index (χ1) is 9.61. The Kier molecular flexibility index (Phi) is 5.30. The topological polar surface area (TPSA) is 38.5 Å². The molecule has 3 nitrogen and oxygen atoms in total. The zero-order chi connectivity index (χ0) is 14.6. The lowest BCUT2D eigenvalue weighted by Gasteiger charge is -2.44. The third-order valence-electron chi connectivity index (χ3n) is 4.62. The van der Waals surface area contributed by atoms with Gasteiger partial charge in [0.25, 0.3) is 0 Å². The van der Waals surface area contributed by atoms with Gasteiger partial charge in [0.1, 0.15) is 5.75 Å². The van der Waals surface area contributed by atoms with Crippen LogP contribution in [-0.4, -0.2) is 31.1 Å². The third kappa shape index (κ3) is 3.27. The second kappa shape index (κ2) is 6.79. The van der Waals surface area contributed by atoms with Crippen LogP contribution in [0.3, 0.4) is 0 Å². The zero-order valence-corrected chi connectivity index (χ0v) is 13.2. The van der Waals surface area contributed by atoms with Gasteiger partial charge in [0.2, 0.25) is 0 Å². The van der Waals surface area contributed by atoms with E-state index >= 15 is 0 Å². The Labute approximate surface area is 127 Å². The Bertz CT molecular complexity index is 444. The van der Waals surface area contributed by atoms with E-state index < -0.39 is 0 Å². The van der Waals surface area contributed by atoms with Crippen molar-refractivity contribution >= 4 is 11.6 Å². The molecule has 112 valence electrons. The molecule has 0 spiro atoms. The van der Waals surface area contributed by atoms with E-state index in [1.165, 1.54) is 32.1 Å². The number of methoxy groups -OCH3 is 1. The molecule has 2 N–H and O–H groups in total. The van der Waals surface area contributed by atoms with Crippen molar-refractivity contribution in [3.05, 3.63) is 28.8 Å². The van der Waals surface area contributed by atoms with E-state index in [0.29, 0.717) is 6.54 Å². The summed E-state index contributed by atoms with van der Waals surface area (Å²) in [5.74, 6) is 0.893. The van der Waals surface area contributed by atoms with Crippen molar-refractivity contribution in [1.82, 2.24) is 4.90 Å². The van der Waals surface area contributed by atoms with Crippen LogP contribution in [0.1, 0.15) is 37.7 Å². The summed E-state index contributed by atoms with van der Waals surface area (Å²) >= 11 is 6.11. The van der Waals surface area contributed by atoms with Crippen molar-refractivity contribution in [2.45, 2.75) is 44.2 Å². The van der Waals surface area contributed by atoms with E-state index in [0.717, 1.165) is 22.9 Å². The average Bonchev–Trinajstić information content (AvgIpc) is 2.48. The minimum Gasteiger partial charge on any atom is -0.496 e. The van der Waals surface area contributed by atoms with Crippen LogP contribution in [0.25, 0.3) is 0 Å². The van der Waals surface area contributed by atoms with Crippen LogP contribution >= 0.6 is 11.6 Å². The molecule has 0 saturated heterocycles. The number of nitrogens with two attached hydrogens (primary N) is 1. The molecule has 1 aromatic rings. The second-order valence-electron chi connectivity index (χ2n) is 5.80. The van der Waals surface area contributed by atoms with Gasteiger partial charge in [0, 0.05) is 29.2 Å². The van der Waals surface area contributed by atoms with Gasteiger partial charge in [0.05, 0.1) is 7.11 Å². The molecule has 4 heteroatoms. The van der Waals surface area contributed by atoms with Gasteiger partial charge in [-0.15, -0.1) is 0 Å². The number of nitrogens with zero attached hydrogens (tertiary/aromatic N) is 1. The van der Waals surface area contributed by atoms with Gasteiger partial charge < -0.3 is 10.5 Å². The van der Waals surface area contributed by atoms with Crippen LogP contribution in [0.15, 0.2) is 18.2 Å². The number of halogens is 1. The Morgan fingerprint density at radius 3 is 2.60 bits per heavy atom. The molecule has 0 aromatic heterocycles. The van der Waals surface area contributed by atoms with Crippen LogP contribution in [0, 0.1) is 0 Å². The summed E-state index contributed by atoms with van der Waals surface area (Å²) in [6, 6.07) is 5.79. The van der Waals surface area contributed by atoms with Crippen molar-refractivity contribution in [2.75, 3.05) is 20.7 Å². The number of likely N-dealkylation sites (N-methyl/N-ethyl adjacent to an activating group) is 1. The Morgan fingerprint density at radius 2 is 2.00 bits per heavy atom. The van der Waals surface area contributed by atoms with E-state index in [2.05, 4.69) is 11.9 Å². The highest BCUT2D eigenvalue weighted by Crippen LogP contribution is 2.34. The largest absolute Gasteiger partial charge is 0.496 e. The van der Waals surface area contributed by atoms with Crippen molar-refractivity contribution in [2.24, 2.45) is 5.73 Å². The predicted octanol–water partition coefficient (Wildman–Crippen LogP) is 3.44. The summed E-state index contributed by atoms with van der Waals surface area (Å²) in [4.78, 5) is 2.39. The van der Waals surface area contributed by atoms with E-state index in [1.54, 1.807) is 7.11 Å². The maximum absolute atomic E-state index is 6.11. The van der Waals surface area contributed by atoms with Gasteiger partial charge in [-0.25, -0.2) is 0 Å². The molecule has 0 heterocycles. The van der Waals surface area contributed by atoms with E-state index in [4.69, 9.17) is 22.1 Å². The monoisotopic (exact) mass is 296 g/mol. The molecule has 1 aromatic carbocycles. The normalized spacial score (nSPS) is 18.2. The third-order valence-corrected chi connectivity index (χ3v) is 4.86. The number of ether oxygens (including phenoxy) is 1. The molecule has 0 radical (unpaired) electrons. The Morgan fingerprint density at radius 1 is 1.30 bits per heavy atom. The van der Waals surface area contributed by atoms with Gasteiger partial charge in [-0.2, -0.15) is 0 Å². The van der Waals surface area contributed by atoms with Gasteiger partial charge in [-0.3, -0.25) is 4.90 Å². The summed E-state index contributed by atoms with van der Waals surface area (Å²) < 4.78 is 5.44. The molecule has 0 aliphatic heterocycles. The molecular weight excluding hydrogens is 272 g/mol. The number of benzene rings is 1. The summed E-state index contributed by atoms with van der Waals surface area (Å²) in [5, 5.41) is 0.750. The Balaban J connectivity index is 2.17. The quantitative estimate of drug-likeness (QED) is 0.904. The van der Waals surface area contributed by atoms with Crippen molar-refractivity contribution in [3.8, 4) is 5.75 Å². The maximum atomic E-state index is 6.11. The number of rotatable bonds is 5. The molecule has 0 bridgehead atoms. The van der Waals surface area contributed by atoms with Gasteiger partial charge >= 0.3 is 0 Å². The second-order valence-corrected chi connectivity index (χ2v) is 6.24. The molecule has 2 rings (SSSR count). The van der Waals surface area contributed by atoms with Gasteiger partial charge in [-0.05, 0) is 38.1 Å². The fraction of sp³-hybridized carbons (Fsp3) is 0.625. The first-order valence-electron chi connectivity index (χ1n) is 7.35. The van der Waals surface area contributed by atoms with Crippen LogP contribution in [0.2, 0.25) is 5.02 Å². The molecule has 20 heavy (non-hydrogen) atoms. The molecule has 1 aliphatic carbocycles. The first-order valence-corrected chi connectivity index (χ1v) is 7.73. The van der Waals surface area contributed by atoms with Crippen molar-refractivity contribution < 1.29 is 4.74 Å². The smallest absolute Gasteiger partial charge is 0.123 e. The maximum Gasteiger partial charge on any atom is 0.123 e. The molecule has 0 atom stereocenters. The van der Waals surface area contributed by atoms with Gasteiger partial charge in [0.15, 0.2) is 0 Å². The van der Waals surface area contributed by atoms with Crippen molar-refractivity contribution in [3.63, 3.8) is 0 Å². The zero-order valence-electron chi connectivity index (χ0n) is 12.5. The van der Waals surface area contributed by atoms with Crippen LogP contribution in [-0.2, 0) is 6.54 Å². The summed E-state index contributed by atoms with van der Waals surface area (Å²) in [6.45, 7) is 1.54. The summed E-state index contributed by atoms with van der Waals surface area (Å²) in [6.07, 6.45) is 6.24. The van der Waals surface area contributed by atoms with E-state index in [9.17, 15) is 0 Å². The van der Waals surface area contributed by atoms with Crippen LogP contribution in [0.5, 0.6) is 5.75 Å². The highest BCUT2D eigenvalue weighted by molar-refractivity contribution is 6.30. The molecule has 0 unspecified atom stereocenters. The van der Waals surface area contributed by atoms with Crippen molar-refractivity contribution in [1.29, 1.82) is 0 Å². The molecule has 1 aliphatic rings.